The molecule has 0 bridgehead atoms. The molecule has 4 N–H and O–H groups in total. The maximum atomic E-state index is 14.2. The average Bonchev–Trinajstić information content (AvgIpc) is 3.45. The van der Waals surface area contributed by atoms with E-state index in [4.69, 9.17) is 10.7 Å². The van der Waals surface area contributed by atoms with Gasteiger partial charge < -0.3 is 16.0 Å². The number of pyridine rings is 1. The molecule has 1 amide bonds. The number of amides is 1. The van der Waals surface area contributed by atoms with E-state index in [1.165, 1.54) is 23.5 Å². The van der Waals surface area contributed by atoms with E-state index in [1.54, 1.807) is 23.9 Å². The molecule has 232 valence electrons. The third-order valence-electron chi connectivity index (χ3n) is 6.92. The van der Waals surface area contributed by atoms with Gasteiger partial charge in [-0.05, 0) is 50.3 Å². The van der Waals surface area contributed by atoms with E-state index in [-0.39, 0.29) is 18.7 Å². The van der Waals surface area contributed by atoms with Crippen molar-refractivity contribution < 1.29 is 22.0 Å². The summed E-state index contributed by atoms with van der Waals surface area (Å²) in [5.74, 6) is -2.59. The van der Waals surface area contributed by atoms with Gasteiger partial charge in [-0.3, -0.25) is 14.2 Å². The largest absolute Gasteiger partial charge is 0.370 e. The van der Waals surface area contributed by atoms with Gasteiger partial charge in [-0.25, -0.2) is 27.2 Å². The molecule has 0 spiro atoms. The van der Waals surface area contributed by atoms with E-state index < -0.39 is 33.5 Å². The monoisotopic (exact) mass is 642 g/mol. The summed E-state index contributed by atoms with van der Waals surface area (Å²) in [6.45, 7) is 1.45. The van der Waals surface area contributed by atoms with Crippen LogP contribution < -0.4 is 15.8 Å². The van der Waals surface area contributed by atoms with Crippen molar-refractivity contribution in [3.05, 3.63) is 65.4 Å². The minimum absolute atomic E-state index is 0.0729. The van der Waals surface area contributed by atoms with Gasteiger partial charge in [-0.2, -0.15) is 5.10 Å². The molecule has 0 saturated heterocycles. The molecule has 1 atom stereocenters. The Morgan fingerprint density at radius 2 is 1.84 bits per heavy atom. The number of sulfonamides is 1. The average molecular weight is 643 g/mol. The number of benzene rings is 2. The van der Waals surface area contributed by atoms with Gasteiger partial charge in [0, 0.05) is 55.1 Å². The Morgan fingerprint density at radius 1 is 1.11 bits per heavy atom. The van der Waals surface area contributed by atoms with E-state index in [0.717, 1.165) is 23.6 Å². The van der Waals surface area contributed by atoms with Gasteiger partial charge in [0.2, 0.25) is 15.9 Å². The SMILES string of the molecule is CN(C)CCNc1nc2nc([C@H](CC(N)=O)Cc3cc(F)cc(F)c3)c(-c3cccc4c(NS(C)(=O)=O)nn(C)c34)cc2s1. The predicted molar refractivity (Wildman–Crippen MR) is 169 cm³/mol. The molecule has 0 radical (unpaired) electrons. The smallest absolute Gasteiger partial charge is 0.231 e. The number of hydrogen-bond acceptors (Lipinski definition) is 9. The van der Waals surface area contributed by atoms with E-state index in [1.807, 2.05) is 31.1 Å². The zero-order chi connectivity index (χ0) is 31.8. The Kier molecular flexibility index (Phi) is 8.81. The molecule has 3 aromatic heterocycles. The first-order valence-electron chi connectivity index (χ1n) is 13.6. The fourth-order valence-electron chi connectivity index (χ4n) is 5.19. The summed E-state index contributed by atoms with van der Waals surface area (Å²) >= 11 is 1.41. The number of halogens is 2. The van der Waals surface area contributed by atoms with Crippen LogP contribution in [0.5, 0.6) is 0 Å². The van der Waals surface area contributed by atoms with Crippen LogP contribution in [0, 0.1) is 11.6 Å². The van der Waals surface area contributed by atoms with Gasteiger partial charge in [0.1, 0.15) is 11.6 Å². The number of nitrogens with one attached hydrogen (secondary N) is 2. The molecule has 11 nitrogen and oxygen atoms in total. The lowest BCUT2D eigenvalue weighted by Crippen LogP contribution is -2.20. The predicted octanol–water partition coefficient (Wildman–Crippen LogP) is 4.07. The first-order valence-corrected chi connectivity index (χ1v) is 16.4. The number of aromatic nitrogens is 4. The highest BCUT2D eigenvalue weighted by Gasteiger charge is 2.26. The van der Waals surface area contributed by atoms with Crippen molar-refractivity contribution in [3.63, 3.8) is 0 Å². The van der Waals surface area contributed by atoms with E-state index in [9.17, 15) is 22.0 Å². The second-order valence-corrected chi connectivity index (χ2v) is 13.7. The summed E-state index contributed by atoms with van der Waals surface area (Å²) in [5, 5.41) is 8.93. The van der Waals surface area contributed by atoms with Crippen molar-refractivity contribution in [1.29, 1.82) is 0 Å². The zero-order valence-corrected chi connectivity index (χ0v) is 26.2. The first kappa shape index (κ1) is 31.2. The number of primary amides is 1. The Labute approximate surface area is 257 Å². The molecule has 0 aliphatic heterocycles. The van der Waals surface area contributed by atoms with Crippen LogP contribution in [0.25, 0.3) is 32.4 Å². The van der Waals surface area contributed by atoms with Crippen LogP contribution in [0.2, 0.25) is 0 Å². The Hall–Kier alpha value is -4.21. The maximum Gasteiger partial charge on any atom is 0.231 e. The summed E-state index contributed by atoms with van der Waals surface area (Å²) in [6.07, 6.45) is 0.971. The van der Waals surface area contributed by atoms with Gasteiger partial charge >= 0.3 is 0 Å². The van der Waals surface area contributed by atoms with Crippen molar-refractivity contribution >= 4 is 59.5 Å². The van der Waals surface area contributed by atoms with Crippen molar-refractivity contribution in [1.82, 2.24) is 24.6 Å². The number of rotatable bonds is 12. The minimum atomic E-state index is -3.62. The van der Waals surface area contributed by atoms with Crippen molar-refractivity contribution in [2.45, 2.75) is 18.8 Å². The summed E-state index contributed by atoms with van der Waals surface area (Å²) in [5.41, 5.74) is 8.83. The lowest BCUT2D eigenvalue weighted by atomic mass is 9.87. The molecule has 44 heavy (non-hydrogen) atoms. The number of carbonyl (C=O) groups excluding carboxylic acids is 1. The number of thiazole rings is 1. The number of para-hydroxylation sites is 1. The van der Waals surface area contributed by atoms with Crippen LogP contribution in [0.15, 0.2) is 42.5 Å². The summed E-state index contributed by atoms with van der Waals surface area (Å²) < 4.78 is 57.2. The van der Waals surface area contributed by atoms with Gasteiger partial charge in [-0.1, -0.05) is 23.5 Å². The fourth-order valence-corrected chi connectivity index (χ4v) is 6.57. The summed E-state index contributed by atoms with van der Waals surface area (Å²) in [7, 11) is 2.02. The van der Waals surface area contributed by atoms with Gasteiger partial charge in [0.05, 0.1) is 22.2 Å². The lowest BCUT2D eigenvalue weighted by Gasteiger charge is -2.20. The Balaban J connectivity index is 1.72. The second-order valence-electron chi connectivity index (χ2n) is 10.9. The molecule has 5 rings (SSSR count). The second kappa shape index (κ2) is 12.4. The molecule has 15 heteroatoms. The maximum absolute atomic E-state index is 14.2. The molecule has 0 aliphatic carbocycles. The standard InChI is InChI=1S/C29H32F2N8O3S2/c1-38(2)9-8-33-29-35-28-23(43-29)15-22(20-6-5-7-21-26(20)39(3)36-27(21)37-44(4,41)42)25(34-28)17(13-24(32)40)10-16-11-18(30)14-19(31)12-16/h5-7,11-12,14-15,17H,8-10,13H2,1-4H3,(H2,32,40)(H,36,37)(H,33,34,35)/t17-/m0/s1. The number of nitrogens with zero attached hydrogens (tertiary/aromatic N) is 5. The highest BCUT2D eigenvalue weighted by atomic mass is 32.2. The van der Waals surface area contributed by atoms with Gasteiger partial charge in [0.15, 0.2) is 16.6 Å². The van der Waals surface area contributed by atoms with Crippen LogP contribution >= 0.6 is 11.3 Å². The fraction of sp³-hybridized carbons (Fsp3) is 0.310. The molecule has 0 saturated carbocycles. The molecule has 0 unspecified atom stereocenters. The summed E-state index contributed by atoms with van der Waals surface area (Å²) in [4.78, 5) is 24.0. The third kappa shape index (κ3) is 7.11. The Bertz CT molecular complexity index is 1950. The highest BCUT2D eigenvalue weighted by molar-refractivity contribution is 7.92. The molecular weight excluding hydrogens is 611 g/mol. The number of likely N-dealkylation sites (N-methyl/N-ethyl adjacent to an activating group) is 1. The molecular formula is C29H32F2N8O3S2. The highest BCUT2D eigenvalue weighted by Crippen LogP contribution is 2.40. The van der Waals surface area contributed by atoms with Crippen LogP contribution in [-0.2, 0) is 28.3 Å². The molecule has 0 fully saturated rings. The van der Waals surface area contributed by atoms with Crippen molar-refractivity contribution in [2.75, 3.05) is 43.5 Å². The number of hydrogen-bond donors (Lipinski definition) is 3. The van der Waals surface area contributed by atoms with Gasteiger partial charge in [-0.15, -0.1) is 0 Å². The molecule has 5 aromatic rings. The first-order chi connectivity index (χ1) is 20.8. The lowest BCUT2D eigenvalue weighted by molar-refractivity contribution is -0.118. The van der Waals surface area contributed by atoms with Crippen LogP contribution in [0.1, 0.15) is 23.6 Å². The van der Waals surface area contributed by atoms with E-state index in [2.05, 4.69) is 20.1 Å². The van der Waals surface area contributed by atoms with Crippen LogP contribution in [0.4, 0.5) is 19.7 Å². The zero-order valence-electron chi connectivity index (χ0n) is 24.6. The Morgan fingerprint density at radius 3 is 2.50 bits per heavy atom. The van der Waals surface area contributed by atoms with E-state index >= 15 is 0 Å². The van der Waals surface area contributed by atoms with Crippen molar-refractivity contribution in [2.24, 2.45) is 12.8 Å². The number of anilines is 2. The normalized spacial score (nSPS) is 12.7. The minimum Gasteiger partial charge on any atom is -0.370 e. The molecule has 2 aromatic carbocycles. The van der Waals surface area contributed by atoms with Crippen molar-refractivity contribution in [3.8, 4) is 11.1 Å². The number of aryl methyl sites for hydroxylation is 1. The number of fused-ring (bicyclic) bond motifs is 2. The topological polar surface area (TPSA) is 148 Å². The molecule has 3 heterocycles. The van der Waals surface area contributed by atoms with Crippen LogP contribution in [0.3, 0.4) is 0 Å². The number of nitrogens with two attached hydrogens (primary N) is 1. The van der Waals surface area contributed by atoms with Crippen LogP contribution in [-0.4, -0.2) is 72.4 Å². The summed E-state index contributed by atoms with van der Waals surface area (Å²) in [6, 6.07) is 10.5. The van der Waals surface area contributed by atoms with E-state index in [0.29, 0.717) is 50.6 Å². The molecule has 0 aliphatic rings. The van der Waals surface area contributed by atoms with Gasteiger partial charge in [0.25, 0.3) is 0 Å². The third-order valence-corrected chi connectivity index (χ3v) is 8.44. The number of carbonyl (C=O) groups is 1. The quantitative estimate of drug-likeness (QED) is 0.185.